The number of rotatable bonds is 4. The van der Waals surface area contributed by atoms with Crippen molar-refractivity contribution in [3.05, 3.63) is 58.3 Å². The fourth-order valence-electron chi connectivity index (χ4n) is 1.52. The highest BCUT2D eigenvalue weighted by atomic mass is 79.9. The van der Waals surface area contributed by atoms with Gasteiger partial charge in [0, 0.05) is 6.07 Å². The predicted octanol–water partition coefficient (Wildman–Crippen LogP) is 4.18. The van der Waals surface area contributed by atoms with Crippen molar-refractivity contribution in [3.8, 4) is 11.5 Å². The topological polar surface area (TPSA) is 18.5 Å². The largest absolute Gasteiger partial charge is 0.495 e. The molecule has 94 valence electrons. The van der Waals surface area contributed by atoms with E-state index >= 15 is 0 Å². The Bertz CT molecular complexity index is 543. The van der Waals surface area contributed by atoms with Gasteiger partial charge in [-0.25, -0.2) is 4.39 Å². The summed E-state index contributed by atoms with van der Waals surface area (Å²) in [6, 6.07) is 11.8. The van der Waals surface area contributed by atoms with Crippen LogP contribution in [0.25, 0.3) is 0 Å². The minimum Gasteiger partial charge on any atom is -0.495 e. The van der Waals surface area contributed by atoms with E-state index in [0.717, 1.165) is 10.0 Å². The molecule has 0 amide bonds. The first kappa shape index (κ1) is 12.9. The Hall–Kier alpha value is -1.55. The van der Waals surface area contributed by atoms with Gasteiger partial charge in [-0.3, -0.25) is 0 Å². The molecule has 0 saturated carbocycles. The Morgan fingerprint density at radius 2 is 2.00 bits per heavy atom. The minimum absolute atomic E-state index is 0.260. The van der Waals surface area contributed by atoms with E-state index in [4.69, 9.17) is 9.47 Å². The summed E-state index contributed by atoms with van der Waals surface area (Å²) in [4.78, 5) is 0. The van der Waals surface area contributed by atoms with Crippen molar-refractivity contribution >= 4 is 15.9 Å². The van der Waals surface area contributed by atoms with Gasteiger partial charge in [0.2, 0.25) is 0 Å². The Labute approximate surface area is 113 Å². The molecule has 0 saturated heterocycles. The first-order valence-corrected chi connectivity index (χ1v) is 6.19. The lowest BCUT2D eigenvalue weighted by atomic mass is 10.2. The van der Waals surface area contributed by atoms with Crippen molar-refractivity contribution in [3.63, 3.8) is 0 Å². The zero-order valence-corrected chi connectivity index (χ0v) is 11.4. The molecule has 0 heterocycles. The van der Waals surface area contributed by atoms with Crippen LogP contribution in [0.3, 0.4) is 0 Å². The molecule has 2 nitrogen and oxygen atoms in total. The first-order chi connectivity index (χ1) is 8.69. The van der Waals surface area contributed by atoms with E-state index in [9.17, 15) is 4.39 Å². The zero-order chi connectivity index (χ0) is 13.0. The smallest absolute Gasteiger partial charge is 0.136 e. The second kappa shape index (κ2) is 5.87. The van der Waals surface area contributed by atoms with Gasteiger partial charge in [0.25, 0.3) is 0 Å². The van der Waals surface area contributed by atoms with E-state index < -0.39 is 0 Å². The number of methoxy groups -OCH3 is 1. The highest BCUT2D eigenvalue weighted by Crippen LogP contribution is 2.29. The molecule has 0 atom stereocenters. The molecule has 0 spiro atoms. The van der Waals surface area contributed by atoms with Crippen molar-refractivity contribution in [1.82, 2.24) is 0 Å². The highest BCUT2D eigenvalue weighted by molar-refractivity contribution is 9.10. The van der Waals surface area contributed by atoms with Gasteiger partial charge >= 0.3 is 0 Å². The van der Waals surface area contributed by atoms with Crippen LogP contribution in [0.1, 0.15) is 5.56 Å². The van der Waals surface area contributed by atoms with Crippen LogP contribution in [0.5, 0.6) is 11.5 Å². The monoisotopic (exact) mass is 310 g/mol. The number of halogens is 2. The molecule has 2 aromatic carbocycles. The van der Waals surface area contributed by atoms with Crippen LogP contribution in [0.4, 0.5) is 4.39 Å². The average molecular weight is 311 g/mol. The van der Waals surface area contributed by atoms with Crippen molar-refractivity contribution in [2.24, 2.45) is 0 Å². The molecule has 0 aliphatic heterocycles. The van der Waals surface area contributed by atoms with Gasteiger partial charge < -0.3 is 9.47 Å². The first-order valence-electron chi connectivity index (χ1n) is 5.40. The summed E-state index contributed by atoms with van der Waals surface area (Å²) in [5.41, 5.74) is 0.789. The number of ether oxygens (including phenoxy) is 2. The molecule has 4 heteroatoms. The lowest BCUT2D eigenvalue weighted by Crippen LogP contribution is -1.96. The van der Waals surface area contributed by atoms with Crippen LogP contribution in [0.15, 0.2) is 46.9 Å². The van der Waals surface area contributed by atoms with Gasteiger partial charge in [-0.1, -0.05) is 12.1 Å². The van der Waals surface area contributed by atoms with Gasteiger partial charge in [0.1, 0.15) is 23.9 Å². The second-order valence-electron chi connectivity index (χ2n) is 3.71. The molecule has 0 fully saturated rings. The standard InChI is InChI=1S/C14H12BrFO2/c1-17-14-8-12(5-6-13(14)15)18-9-10-3-2-4-11(16)7-10/h2-8H,9H2,1H3. The van der Waals surface area contributed by atoms with Crippen LogP contribution in [-0.4, -0.2) is 7.11 Å². The van der Waals surface area contributed by atoms with E-state index in [1.807, 2.05) is 18.2 Å². The predicted molar refractivity (Wildman–Crippen MR) is 71.4 cm³/mol. The van der Waals surface area contributed by atoms with Crippen LogP contribution in [-0.2, 0) is 6.61 Å². The number of benzene rings is 2. The van der Waals surface area contributed by atoms with Crippen molar-refractivity contribution in [2.45, 2.75) is 6.61 Å². The summed E-state index contributed by atoms with van der Waals surface area (Å²) in [6.07, 6.45) is 0. The molecule has 2 aromatic rings. The van der Waals surface area contributed by atoms with Gasteiger partial charge in [-0.2, -0.15) is 0 Å². The molecular formula is C14H12BrFO2. The van der Waals surface area contributed by atoms with E-state index in [2.05, 4.69) is 15.9 Å². The Balaban J connectivity index is 2.06. The molecule has 0 unspecified atom stereocenters. The number of hydrogen-bond donors (Lipinski definition) is 0. The summed E-state index contributed by atoms with van der Waals surface area (Å²) >= 11 is 3.37. The molecule has 0 aliphatic carbocycles. The lowest BCUT2D eigenvalue weighted by molar-refractivity contribution is 0.303. The quantitative estimate of drug-likeness (QED) is 0.843. The van der Waals surface area contributed by atoms with Gasteiger partial charge in [0.15, 0.2) is 0 Å². The summed E-state index contributed by atoms with van der Waals surface area (Å²) in [5, 5.41) is 0. The minimum atomic E-state index is -0.260. The third-order valence-corrected chi connectivity index (χ3v) is 3.07. The molecule has 0 aliphatic rings. The molecule has 0 radical (unpaired) electrons. The Morgan fingerprint density at radius 3 is 2.72 bits per heavy atom. The molecule has 0 aromatic heterocycles. The van der Waals surface area contributed by atoms with Gasteiger partial charge in [0.05, 0.1) is 11.6 Å². The van der Waals surface area contributed by atoms with E-state index in [1.54, 1.807) is 19.2 Å². The molecule has 0 bridgehead atoms. The van der Waals surface area contributed by atoms with Crippen molar-refractivity contribution in [2.75, 3.05) is 7.11 Å². The SMILES string of the molecule is COc1cc(OCc2cccc(F)c2)ccc1Br. The third-order valence-electron chi connectivity index (χ3n) is 2.42. The normalized spacial score (nSPS) is 10.2. The lowest BCUT2D eigenvalue weighted by Gasteiger charge is -2.09. The number of hydrogen-bond acceptors (Lipinski definition) is 2. The molecule has 0 N–H and O–H groups in total. The van der Waals surface area contributed by atoms with Crippen molar-refractivity contribution in [1.29, 1.82) is 0 Å². The Kier molecular flexibility index (Phi) is 4.20. The van der Waals surface area contributed by atoms with Crippen molar-refractivity contribution < 1.29 is 13.9 Å². The van der Waals surface area contributed by atoms with Crippen LogP contribution in [0, 0.1) is 5.82 Å². The summed E-state index contributed by atoms with van der Waals surface area (Å²) < 4.78 is 24.6. The van der Waals surface area contributed by atoms with Crippen LogP contribution in [0.2, 0.25) is 0 Å². The third kappa shape index (κ3) is 3.23. The van der Waals surface area contributed by atoms with Crippen LogP contribution >= 0.6 is 15.9 Å². The molecule has 2 rings (SSSR count). The molecular weight excluding hydrogens is 299 g/mol. The van der Waals surface area contributed by atoms with E-state index in [0.29, 0.717) is 18.1 Å². The van der Waals surface area contributed by atoms with E-state index in [1.165, 1.54) is 12.1 Å². The molecule has 18 heavy (non-hydrogen) atoms. The van der Waals surface area contributed by atoms with Gasteiger partial charge in [-0.05, 0) is 45.8 Å². The summed E-state index contributed by atoms with van der Waals surface area (Å²) in [5.74, 6) is 1.12. The maximum atomic E-state index is 13.0. The average Bonchev–Trinajstić information content (AvgIpc) is 2.38. The highest BCUT2D eigenvalue weighted by Gasteiger charge is 2.03. The fraction of sp³-hybridized carbons (Fsp3) is 0.143. The zero-order valence-electron chi connectivity index (χ0n) is 9.82. The van der Waals surface area contributed by atoms with E-state index in [-0.39, 0.29) is 5.82 Å². The second-order valence-corrected chi connectivity index (χ2v) is 4.57. The Morgan fingerprint density at radius 1 is 1.17 bits per heavy atom. The fourth-order valence-corrected chi connectivity index (χ4v) is 1.93. The summed E-state index contributed by atoms with van der Waals surface area (Å²) in [6.45, 7) is 0.322. The van der Waals surface area contributed by atoms with Gasteiger partial charge in [-0.15, -0.1) is 0 Å². The summed E-state index contributed by atoms with van der Waals surface area (Å²) in [7, 11) is 1.59. The maximum Gasteiger partial charge on any atom is 0.136 e. The van der Waals surface area contributed by atoms with Crippen LogP contribution < -0.4 is 9.47 Å². The maximum absolute atomic E-state index is 13.0.